The Morgan fingerprint density at radius 1 is 1.22 bits per heavy atom. The molecule has 0 aromatic carbocycles. The van der Waals surface area contributed by atoms with Gasteiger partial charge in [0.1, 0.15) is 5.56 Å². The Labute approximate surface area is 161 Å². The van der Waals surface area contributed by atoms with Crippen molar-refractivity contribution in [3.63, 3.8) is 0 Å². The molecule has 27 heavy (non-hydrogen) atoms. The van der Waals surface area contributed by atoms with E-state index in [4.69, 9.17) is 4.74 Å². The summed E-state index contributed by atoms with van der Waals surface area (Å²) in [4.78, 5) is 23.4. The fraction of sp³-hybridized carbons (Fsp3) is 0.476. The molecule has 2 aromatic rings. The van der Waals surface area contributed by atoms with Crippen molar-refractivity contribution < 1.29 is 9.53 Å². The maximum Gasteiger partial charge on any atom is 0.256 e. The summed E-state index contributed by atoms with van der Waals surface area (Å²) in [6, 6.07) is 7.83. The average molecular weight is 368 g/mol. The quantitative estimate of drug-likeness (QED) is 0.814. The van der Waals surface area contributed by atoms with Crippen molar-refractivity contribution in [3.05, 3.63) is 54.0 Å². The van der Waals surface area contributed by atoms with Gasteiger partial charge in [0, 0.05) is 44.3 Å². The fourth-order valence-corrected chi connectivity index (χ4v) is 3.17. The number of piperidine rings is 1. The largest absolute Gasteiger partial charge is 0.477 e. The Morgan fingerprint density at radius 3 is 2.67 bits per heavy atom. The summed E-state index contributed by atoms with van der Waals surface area (Å²) in [6.45, 7) is 7.56. The number of nitrogens with zero attached hydrogens (tertiary/aromatic N) is 3. The van der Waals surface area contributed by atoms with Gasteiger partial charge in [-0.05, 0) is 48.6 Å². The number of pyridine rings is 2. The number of ether oxygens (including phenoxy) is 1. The predicted octanol–water partition coefficient (Wildman–Crippen LogP) is 2.91. The molecular weight excluding hydrogens is 340 g/mol. The van der Waals surface area contributed by atoms with Crippen molar-refractivity contribution in [3.8, 4) is 5.88 Å². The highest BCUT2D eigenvalue weighted by Crippen LogP contribution is 2.18. The molecule has 0 aliphatic carbocycles. The molecule has 1 saturated heterocycles. The summed E-state index contributed by atoms with van der Waals surface area (Å²) in [5.74, 6) is 0.695. The summed E-state index contributed by atoms with van der Waals surface area (Å²) >= 11 is 0. The normalized spacial score (nSPS) is 15.7. The topological polar surface area (TPSA) is 67.3 Å². The zero-order valence-corrected chi connectivity index (χ0v) is 16.1. The van der Waals surface area contributed by atoms with Crippen molar-refractivity contribution in [2.24, 2.45) is 5.92 Å². The lowest BCUT2D eigenvalue weighted by atomic mass is 10.0. The molecule has 0 saturated carbocycles. The molecule has 1 aliphatic rings. The highest BCUT2D eigenvalue weighted by atomic mass is 16.5. The molecule has 0 unspecified atom stereocenters. The van der Waals surface area contributed by atoms with Gasteiger partial charge >= 0.3 is 0 Å². The van der Waals surface area contributed by atoms with Gasteiger partial charge in [-0.3, -0.25) is 14.7 Å². The van der Waals surface area contributed by atoms with Crippen LogP contribution in [0.4, 0.5) is 0 Å². The lowest BCUT2D eigenvalue weighted by Gasteiger charge is -2.32. The third kappa shape index (κ3) is 5.76. The molecule has 6 nitrogen and oxygen atoms in total. The highest BCUT2D eigenvalue weighted by Gasteiger charge is 2.23. The summed E-state index contributed by atoms with van der Waals surface area (Å²) < 4.78 is 5.71. The van der Waals surface area contributed by atoms with Gasteiger partial charge in [0.25, 0.3) is 5.91 Å². The van der Waals surface area contributed by atoms with Crippen LogP contribution in [0.25, 0.3) is 0 Å². The predicted molar refractivity (Wildman–Crippen MR) is 105 cm³/mol. The standard InChI is InChI=1S/C21H28N4O2/c1-16(2)15-27-21-19(4-3-9-23-21)20(26)24-18-7-12-25(13-8-18)14-17-5-10-22-11-6-17/h3-6,9-11,16,18H,7-8,12-15H2,1-2H3,(H,24,26). The van der Waals surface area contributed by atoms with Gasteiger partial charge in [-0.1, -0.05) is 13.8 Å². The van der Waals surface area contributed by atoms with Gasteiger partial charge in [-0.2, -0.15) is 0 Å². The van der Waals surface area contributed by atoms with E-state index >= 15 is 0 Å². The molecule has 3 heterocycles. The van der Waals surface area contributed by atoms with E-state index in [1.165, 1.54) is 5.56 Å². The molecule has 1 N–H and O–H groups in total. The van der Waals surface area contributed by atoms with Gasteiger partial charge in [0.2, 0.25) is 5.88 Å². The van der Waals surface area contributed by atoms with Crippen LogP contribution >= 0.6 is 0 Å². The number of nitrogens with one attached hydrogen (secondary N) is 1. The van der Waals surface area contributed by atoms with Crippen molar-refractivity contribution in [2.45, 2.75) is 39.3 Å². The van der Waals surface area contributed by atoms with E-state index in [9.17, 15) is 4.79 Å². The van der Waals surface area contributed by atoms with Gasteiger partial charge in [0.15, 0.2) is 0 Å². The van der Waals surface area contributed by atoms with Crippen LogP contribution in [0.5, 0.6) is 5.88 Å². The minimum atomic E-state index is -0.102. The zero-order chi connectivity index (χ0) is 19.1. The van der Waals surface area contributed by atoms with E-state index < -0.39 is 0 Å². The molecule has 1 fully saturated rings. The molecule has 0 spiro atoms. The number of amides is 1. The van der Waals surface area contributed by atoms with Crippen LogP contribution in [-0.2, 0) is 6.54 Å². The fourth-order valence-electron chi connectivity index (χ4n) is 3.17. The van der Waals surface area contributed by atoms with Crippen LogP contribution in [0, 0.1) is 5.92 Å². The van der Waals surface area contributed by atoms with Gasteiger partial charge < -0.3 is 10.1 Å². The average Bonchev–Trinajstić information content (AvgIpc) is 2.69. The maximum atomic E-state index is 12.7. The monoisotopic (exact) mass is 368 g/mol. The molecule has 2 aromatic heterocycles. The molecule has 6 heteroatoms. The molecule has 0 radical (unpaired) electrons. The molecule has 1 aliphatic heterocycles. The molecule has 0 atom stereocenters. The zero-order valence-electron chi connectivity index (χ0n) is 16.1. The van der Waals surface area contributed by atoms with Crippen molar-refractivity contribution in [1.82, 2.24) is 20.2 Å². The highest BCUT2D eigenvalue weighted by molar-refractivity contribution is 5.96. The number of rotatable bonds is 7. The van der Waals surface area contributed by atoms with Crippen molar-refractivity contribution in [2.75, 3.05) is 19.7 Å². The minimum absolute atomic E-state index is 0.102. The van der Waals surface area contributed by atoms with Gasteiger partial charge in [-0.15, -0.1) is 0 Å². The van der Waals surface area contributed by atoms with E-state index in [0.29, 0.717) is 24.0 Å². The third-order valence-corrected chi connectivity index (χ3v) is 4.65. The molecule has 1 amide bonds. The summed E-state index contributed by atoms with van der Waals surface area (Å²) in [5, 5.41) is 3.15. The SMILES string of the molecule is CC(C)COc1ncccc1C(=O)NC1CCN(Cc2ccncc2)CC1. The van der Waals surface area contributed by atoms with Crippen molar-refractivity contribution >= 4 is 5.91 Å². The number of carbonyl (C=O) groups is 1. The van der Waals surface area contributed by atoms with E-state index in [0.717, 1.165) is 32.5 Å². The first kappa shape index (κ1) is 19.3. The number of hydrogen-bond donors (Lipinski definition) is 1. The first-order valence-corrected chi connectivity index (χ1v) is 9.61. The second-order valence-corrected chi connectivity index (χ2v) is 7.44. The first-order chi connectivity index (χ1) is 13.1. The number of aromatic nitrogens is 2. The van der Waals surface area contributed by atoms with Crippen LogP contribution < -0.4 is 10.1 Å². The number of carbonyl (C=O) groups excluding carboxylic acids is 1. The Hall–Kier alpha value is -2.47. The summed E-state index contributed by atoms with van der Waals surface area (Å²) in [7, 11) is 0. The summed E-state index contributed by atoms with van der Waals surface area (Å²) in [6.07, 6.45) is 7.20. The van der Waals surface area contributed by atoms with E-state index in [1.54, 1.807) is 18.3 Å². The minimum Gasteiger partial charge on any atom is -0.477 e. The van der Waals surface area contributed by atoms with Crippen LogP contribution in [0.2, 0.25) is 0 Å². The molecular formula is C21H28N4O2. The Morgan fingerprint density at radius 2 is 1.96 bits per heavy atom. The first-order valence-electron chi connectivity index (χ1n) is 9.61. The lowest BCUT2D eigenvalue weighted by molar-refractivity contribution is 0.0903. The second-order valence-electron chi connectivity index (χ2n) is 7.44. The van der Waals surface area contributed by atoms with Crippen LogP contribution in [0.1, 0.15) is 42.6 Å². The number of hydrogen-bond acceptors (Lipinski definition) is 5. The van der Waals surface area contributed by atoms with E-state index in [-0.39, 0.29) is 11.9 Å². The third-order valence-electron chi connectivity index (χ3n) is 4.65. The Balaban J connectivity index is 1.51. The Bertz CT molecular complexity index is 728. The van der Waals surface area contributed by atoms with Crippen LogP contribution in [0.3, 0.4) is 0 Å². The Kier molecular flexibility index (Phi) is 6.76. The summed E-state index contributed by atoms with van der Waals surface area (Å²) in [5.41, 5.74) is 1.78. The van der Waals surface area contributed by atoms with E-state index in [2.05, 4.69) is 46.2 Å². The van der Waals surface area contributed by atoms with Gasteiger partial charge in [-0.25, -0.2) is 4.98 Å². The number of likely N-dealkylation sites (tertiary alicyclic amines) is 1. The lowest BCUT2D eigenvalue weighted by Crippen LogP contribution is -2.44. The molecule has 3 rings (SSSR count). The second kappa shape index (κ2) is 9.46. The molecule has 0 bridgehead atoms. The van der Waals surface area contributed by atoms with Crippen LogP contribution in [-0.4, -0.2) is 46.5 Å². The van der Waals surface area contributed by atoms with Gasteiger partial charge in [0.05, 0.1) is 6.61 Å². The van der Waals surface area contributed by atoms with Crippen LogP contribution in [0.15, 0.2) is 42.9 Å². The maximum absolute atomic E-state index is 12.7. The molecule has 144 valence electrons. The smallest absolute Gasteiger partial charge is 0.256 e. The van der Waals surface area contributed by atoms with Crippen molar-refractivity contribution in [1.29, 1.82) is 0 Å². The van der Waals surface area contributed by atoms with E-state index in [1.807, 2.05) is 12.4 Å².